The number of nitrogens with zero attached hydrogens (tertiary/aromatic N) is 2. The number of hydrogen-bond acceptors (Lipinski definition) is 4. The molecule has 0 aliphatic rings. The zero-order valence-electron chi connectivity index (χ0n) is 7.50. The van der Waals surface area contributed by atoms with Crippen LogP contribution in [0.15, 0.2) is 12.1 Å². The SMILES string of the molecule is CC(N)(CN)Cc1ccc(I)nn1. The van der Waals surface area contributed by atoms with Gasteiger partial charge in [-0.3, -0.25) is 0 Å². The monoisotopic (exact) mass is 292 g/mol. The van der Waals surface area contributed by atoms with Gasteiger partial charge in [-0.15, -0.1) is 5.10 Å². The minimum absolute atomic E-state index is 0.387. The molecule has 0 radical (unpaired) electrons. The summed E-state index contributed by atoms with van der Waals surface area (Å²) in [5, 5.41) is 7.96. The molecule has 1 atom stereocenters. The molecule has 13 heavy (non-hydrogen) atoms. The number of hydrogen-bond donors (Lipinski definition) is 2. The van der Waals surface area contributed by atoms with Crippen molar-refractivity contribution in [3.8, 4) is 0 Å². The summed E-state index contributed by atoms with van der Waals surface area (Å²) in [5.74, 6) is 0. The molecule has 0 spiro atoms. The summed E-state index contributed by atoms with van der Waals surface area (Å²) in [7, 11) is 0. The summed E-state index contributed by atoms with van der Waals surface area (Å²) in [4.78, 5) is 0. The van der Waals surface area contributed by atoms with Gasteiger partial charge in [0.15, 0.2) is 0 Å². The molecule has 0 saturated heterocycles. The van der Waals surface area contributed by atoms with Crippen molar-refractivity contribution >= 4 is 22.6 Å². The van der Waals surface area contributed by atoms with Crippen LogP contribution in [-0.2, 0) is 6.42 Å². The maximum atomic E-state index is 5.89. The van der Waals surface area contributed by atoms with Crippen LogP contribution in [0.25, 0.3) is 0 Å². The predicted octanol–water partition coefficient (Wildman–Crippen LogP) is 0.300. The average Bonchev–Trinajstić information content (AvgIpc) is 2.09. The maximum Gasteiger partial charge on any atom is 0.124 e. The molecule has 72 valence electrons. The minimum Gasteiger partial charge on any atom is -0.329 e. The summed E-state index contributed by atoms with van der Waals surface area (Å²) in [5.41, 5.74) is 11.9. The third-order valence-corrected chi connectivity index (χ3v) is 2.31. The zero-order valence-corrected chi connectivity index (χ0v) is 9.65. The van der Waals surface area contributed by atoms with E-state index in [1.165, 1.54) is 0 Å². The third-order valence-electron chi connectivity index (χ3n) is 1.74. The van der Waals surface area contributed by atoms with Gasteiger partial charge in [-0.2, -0.15) is 5.10 Å². The Kier molecular flexibility index (Phi) is 3.57. The van der Waals surface area contributed by atoms with E-state index in [2.05, 4.69) is 32.8 Å². The molecule has 0 amide bonds. The first-order valence-corrected chi connectivity index (χ1v) is 5.08. The molecule has 0 aromatic carbocycles. The van der Waals surface area contributed by atoms with E-state index in [1.54, 1.807) is 0 Å². The largest absolute Gasteiger partial charge is 0.329 e. The molecule has 1 heterocycles. The van der Waals surface area contributed by atoms with E-state index in [1.807, 2.05) is 19.1 Å². The molecule has 1 rings (SSSR count). The number of rotatable bonds is 3. The lowest BCUT2D eigenvalue weighted by Crippen LogP contribution is -2.46. The van der Waals surface area contributed by atoms with Gasteiger partial charge in [-0.1, -0.05) is 0 Å². The number of nitrogens with two attached hydrogens (primary N) is 2. The van der Waals surface area contributed by atoms with Crippen LogP contribution < -0.4 is 11.5 Å². The van der Waals surface area contributed by atoms with E-state index in [0.29, 0.717) is 13.0 Å². The average molecular weight is 292 g/mol. The first-order valence-electron chi connectivity index (χ1n) is 4.00. The Morgan fingerprint density at radius 1 is 1.46 bits per heavy atom. The van der Waals surface area contributed by atoms with Gasteiger partial charge >= 0.3 is 0 Å². The fraction of sp³-hybridized carbons (Fsp3) is 0.500. The van der Waals surface area contributed by atoms with Crippen molar-refractivity contribution in [2.24, 2.45) is 11.5 Å². The molecule has 0 fully saturated rings. The Bertz CT molecular complexity index is 270. The molecule has 5 heteroatoms. The van der Waals surface area contributed by atoms with Crippen LogP contribution in [0.5, 0.6) is 0 Å². The molecule has 0 bridgehead atoms. The molecule has 0 aliphatic heterocycles. The van der Waals surface area contributed by atoms with E-state index in [0.717, 1.165) is 9.39 Å². The van der Waals surface area contributed by atoms with Gasteiger partial charge in [0, 0.05) is 18.5 Å². The van der Waals surface area contributed by atoms with Gasteiger partial charge in [-0.25, -0.2) is 0 Å². The highest BCUT2D eigenvalue weighted by Gasteiger charge is 2.17. The lowest BCUT2D eigenvalue weighted by atomic mass is 9.97. The minimum atomic E-state index is -0.387. The topological polar surface area (TPSA) is 77.8 Å². The first kappa shape index (κ1) is 10.8. The van der Waals surface area contributed by atoms with Crippen LogP contribution >= 0.6 is 22.6 Å². The van der Waals surface area contributed by atoms with Gasteiger partial charge in [0.1, 0.15) is 3.70 Å². The molecule has 0 saturated carbocycles. The van der Waals surface area contributed by atoms with Crippen molar-refractivity contribution in [3.05, 3.63) is 21.5 Å². The summed E-state index contributed by atoms with van der Waals surface area (Å²) < 4.78 is 0.882. The first-order chi connectivity index (χ1) is 6.03. The lowest BCUT2D eigenvalue weighted by molar-refractivity contribution is 0.470. The van der Waals surface area contributed by atoms with Gasteiger partial charge in [0.2, 0.25) is 0 Å². The van der Waals surface area contributed by atoms with Crippen molar-refractivity contribution < 1.29 is 0 Å². The van der Waals surface area contributed by atoms with Crippen molar-refractivity contribution in [2.75, 3.05) is 6.54 Å². The summed E-state index contributed by atoms with van der Waals surface area (Å²) in [6.45, 7) is 2.35. The highest BCUT2D eigenvalue weighted by molar-refractivity contribution is 14.1. The standard InChI is InChI=1S/C8H13IN4/c1-8(11,5-10)4-6-2-3-7(9)13-12-6/h2-3H,4-5,10-11H2,1H3. The number of halogens is 1. The van der Waals surface area contributed by atoms with Crippen LogP contribution in [0.2, 0.25) is 0 Å². The molecular formula is C8H13IN4. The van der Waals surface area contributed by atoms with E-state index in [9.17, 15) is 0 Å². The fourth-order valence-corrected chi connectivity index (χ4v) is 1.21. The van der Waals surface area contributed by atoms with Crippen LogP contribution in [0.3, 0.4) is 0 Å². The molecule has 0 aliphatic carbocycles. The highest BCUT2D eigenvalue weighted by atomic mass is 127. The third kappa shape index (κ3) is 3.53. The van der Waals surface area contributed by atoms with Crippen molar-refractivity contribution in [1.29, 1.82) is 0 Å². The molecule has 1 aromatic rings. The van der Waals surface area contributed by atoms with Gasteiger partial charge < -0.3 is 11.5 Å². The normalized spacial score (nSPS) is 15.4. The van der Waals surface area contributed by atoms with E-state index in [-0.39, 0.29) is 5.54 Å². The lowest BCUT2D eigenvalue weighted by Gasteiger charge is -2.21. The second kappa shape index (κ2) is 4.30. The second-order valence-electron chi connectivity index (χ2n) is 3.38. The zero-order chi connectivity index (χ0) is 9.90. The Balaban J connectivity index is 2.69. The fourth-order valence-electron chi connectivity index (χ4n) is 0.924. The molecule has 4 N–H and O–H groups in total. The Morgan fingerprint density at radius 2 is 2.15 bits per heavy atom. The van der Waals surface area contributed by atoms with Gasteiger partial charge in [0.25, 0.3) is 0 Å². The number of aromatic nitrogens is 2. The van der Waals surface area contributed by atoms with Crippen LogP contribution in [-0.4, -0.2) is 22.3 Å². The molecule has 4 nitrogen and oxygen atoms in total. The Morgan fingerprint density at radius 3 is 2.62 bits per heavy atom. The van der Waals surface area contributed by atoms with Crippen LogP contribution in [0.4, 0.5) is 0 Å². The smallest absolute Gasteiger partial charge is 0.124 e. The predicted molar refractivity (Wildman–Crippen MR) is 60.1 cm³/mol. The summed E-state index contributed by atoms with van der Waals surface area (Å²) in [6, 6.07) is 3.84. The maximum absolute atomic E-state index is 5.89. The van der Waals surface area contributed by atoms with Crippen LogP contribution in [0.1, 0.15) is 12.6 Å². The molecule has 1 unspecified atom stereocenters. The van der Waals surface area contributed by atoms with E-state index >= 15 is 0 Å². The van der Waals surface area contributed by atoms with Gasteiger partial charge in [0.05, 0.1) is 5.69 Å². The van der Waals surface area contributed by atoms with Crippen molar-refractivity contribution in [1.82, 2.24) is 10.2 Å². The van der Waals surface area contributed by atoms with Crippen molar-refractivity contribution in [3.63, 3.8) is 0 Å². The van der Waals surface area contributed by atoms with Crippen molar-refractivity contribution in [2.45, 2.75) is 18.9 Å². The molecule has 1 aromatic heterocycles. The molecular weight excluding hydrogens is 279 g/mol. The summed E-state index contributed by atoms with van der Waals surface area (Å²) >= 11 is 2.11. The van der Waals surface area contributed by atoms with E-state index in [4.69, 9.17) is 11.5 Å². The highest BCUT2D eigenvalue weighted by Crippen LogP contribution is 2.07. The van der Waals surface area contributed by atoms with E-state index < -0.39 is 0 Å². The van der Waals surface area contributed by atoms with Crippen LogP contribution in [0, 0.1) is 3.70 Å². The Labute approximate surface area is 91.2 Å². The van der Waals surface area contributed by atoms with Gasteiger partial charge in [-0.05, 0) is 41.6 Å². The summed E-state index contributed by atoms with van der Waals surface area (Å²) in [6.07, 6.45) is 0.660. The second-order valence-corrected chi connectivity index (χ2v) is 4.49. The Hall–Kier alpha value is -0.270. The quantitative estimate of drug-likeness (QED) is 0.785.